The van der Waals surface area contributed by atoms with Gasteiger partial charge >= 0.3 is 6.18 Å². The second-order valence-corrected chi connectivity index (χ2v) is 6.44. The minimum atomic E-state index is -4.48. The van der Waals surface area contributed by atoms with E-state index in [4.69, 9.17) is 4.74 Å². The number of rotatable bonds is 5. The first-order chi connectivity index (χ1) is 13.3. The molecule has 1 N–H and O–H groups in total. The molecule has 0 saturated carbocycles. The summed E-state index contributed by atoms with van der Waals surface area (Å²) in [5, 5.41) is 2.58. The number of alkyl halides is 3. The number of halogens is 3. The molecule has 1 saturated heterocycles. The quantitative estimate of drug-likeness (QED) is 0.838. The van der Waals surface area contributed by atoms with Crippen LogP contribution in [-0.4, -0.2) is 36.4 Å². The van der Waals surface area contributed by atoms with E-state index in [1.165, 1.54) is 12.1 Å². The molecule has 0 aliphatic carbocycles. The van der Waals surface area contributed by atoms with Crippen molar-refractivity contribution in [3.8, 4) is 5.75 Å². The molecule has 1 fully saturated rings. The topological polar surface area (TPSA) is 58.6 Å². The Hall–Kier alpha value is -3.03. The molecule has 0 aromatic heterocycles. The Bertz CT molecular complexity index is 845. The van der Waals surface area contributed by atoms with Gasteiger partial charge in [-0.1, -0.05) is 6.07 Å². The summed E-state index contributed by atoms with van der Waals surface area (Å²) >= 11 is 0. The molecule has 1 aliphatic rings. The number of likely N-dealkylation sites (tertiary alicyclic amines) is 1. The van der Waals surface area contributed by atoms with E-state index >= 15 is 0 Å². The average molecular weight is 392 g/mol. The third-order valence-corrected chi connectivity index (χ3v) is 4.34. The summed E-state index contributed by atoms with van der Waals surface area (Å²) in [4.78, 5) is 26.0. The van der Waals surface area contributed by atoms with Crippen molar-refractivity contribution in [3.05, 3.63) is 59.7 Å². The van der Waals surface area contributed by atoms with Crippen molar-refractivity contribution in [2.75, 3.05) is 25.0 Å². The van der Waals surface area contributed by atoms with Crippen molar-refractivity contribution < 1.29 is 27.5 Å². The fourth-order valence-electron chi connectivity index (χ4n) is 2.91. The van der Waals surface area contributed by atoms with Crippen molar-refractivity contribution in [3.63, 3.8) is 0 Å². The highest BCUT2D eigenvalue weighted by atomic mass is 19.4. The van der Waals surface area contributed by atoms with E-state index in [-0.39, 0.29) is 11.7 Å². The predicted octanol–water partition coefficient (Wildman–Crippen LogP) is 3.96. The third kappa shape index (κ3) is 5.03. The summed E-state index contributed by atoms with van der Waals surface area (Å²) in [6.07, 6.45) is -2.46. The zero-order valence-electron chi connectivity index (χ0n) is 15.0. The molecule has 28 heavy (non-hydrogen) atoms. The van der Waals surface area contributed by atoms with Gasteiger partial charge in [-0.3, -0.25) is 9.59 Å². The van der Waals surface area contributed by atoms with E-state index in [1.54, 1.807) is 29.2 Å². The lowest BCUT2D eigenvalue weighted by molar-refractivity contribution is -0.137. The Kier molecular flexibility index (Phi) is 5.87. The maximum absolute atomic E-state index is 12.7. The van der Waals surface area contributed by atoms with Crippen LogP contribution in [0.25, 0.3) is 0 Å². The van der Waals surface area contributed by atoms with Gasteiger partial charge in [-0.25, -0.2) is 0 Å². The second kappa shape index (κ2) is 8.33. The number of nitrogens with zero attached hydrogens (tertiary/aromatic N) is 1. The molecule has 2 amide bonds. The van der Waals surface area contributed by atoms with Crippen molar-refractivity contribution in [2.24, 2.45) is 0 Å². The van der Waals surface area contributed by atoms with E-state index in [1.807, 2.05) is 0 Å². The molecule has 0 radical (unpaired) electrons. The van der Waals surface area contributed by atoms with Crippen LogP contribution < -0.4 is 10.1 Å². The number of amides is 2. The predicted molar refractivity (Wildman–Crippen MR) is 97.1 cm³/mol. The maximum Gasteiger partial charge on any atom is 0.416 e. The lowest BCUT2D eigenvalue weighted by Gasteiger charge is -2.15. The summed E-state index contributed by atoms with van der Waals surface area (Å²) in [7, 11) is 0. The number of carbonyl (C=O) groups is 2. The number of hydrogen-bond acceptors (Lipinski definition) is 3. The number of nitrogens with one attached hydrogen (secondary N) is 1. The van der Waals surface area contributed by atoms with Gasteiger partial charge < -0.3 is 15.0 Å². The van der Waals surface area contributed by atoms with Crippen LogP contribution in [-0.2, 0) is 11.0 Å². The zero-order chi connectivity index (χ0) is 20.1. The molecule has 5 nitrogen and oxygen atoms in total. The van der Waals surface area contributed by atoms with Crippen molar-refractivity contribution in [1.29, 1.82) is 0 Å². The van der Waals surface area contributed by atoms with Crippen molar-refractivity contribution in [1.82, 2.24) is 4.90 Å². The molecule has 0 bridgehead atoms. The van der Waals surface area contributed by atoms with Gasteiger partial charge in [0.2, 0.25) is 0 Å². The van der Waals surface area contributed by atoms with E-state index in [0.29, 0.717) is 11.3 Å². The normalized spacial score (nSPS) is 14.0. The summed E-state index contributed by atoms with van der Waals surface area (Å²) in [5.41, 5.74) is 0.166. The minimum absolute atomic E-state index is 0.0387. The lowest BCUT2D eigenvalue weighted by Crippen LogP contribution is -2.27. The molecular weight excluding hydrogens is 373 g/mol. The highest BCUT2D eigenvalue weighted by molar-refractivity contribution is 5.96. The van der Waals surface area contributed by atoms with Crippen LogP contribution in [0.3, 0.4) is 0 Å². The molecule has 1 aliphatic heterocycles. The fraction of sp³-hybridized carbons (Fsp3) is 0.300. The maximum atomic E-state index is 12.7. The first-order valence-electron chi connectivity index (χ1n) is 8.82. The molecule has 0 unspecified atom stereocenters. The average Bonchev–Trinajstić information content (AvgIpc) is 3.21. The molecule has 0 spiro atoms. The number of benzene rings is 2. The van der Waals surface area contributed by atoms with E-state index in [0.717, 1.165) is 38.1 Å². The smallest absolute Gasteiger partial charge is 0.416 e. The van der Waals surface area contributed by atoms with Crippen LogP contribution >= 0.6 is 0 Å². The van der Waals surface area contributed by atoms with Gasteiger partial charge in [-0.15, -0.1) is 0 Å². The van der Waals surface area contributed by atoms with Crippen LogP contribution in [0.5, 0.6) is 5.75 Å². The minimum Gasteiger partial charge on any atom is -0.484 e. The zero-order valence-corrected chi connectivity index (χ0v) is 15.0. The molecule has 2 aromatic rings. The molecule has 8 heteroatoms. The summed E-state index contributed by atoms with van der Waals surface area (Å²) in [6.45, 7) is 1.07. The van der Waals surface area contributed by atoms with Gasteiger partial charge in [-0.05, 0) is 55.3 Å². The largest absolute Gasteiger partial charge is 0.484 e. The molecule has 2 aromatic carbocycles. The number of anilines is 1. The van der Waals surface area contributed by atoms with Crippen LogP contribution in [0.2, 0.25) is 0 Å². The van der Waals surface area contributed by atoms with E-state index in [9.17, 15) is 22.8 Å². The van der Waals surface area contributed by atoms with Crippen LogP contribution in [0.15, 0.2) is 48.5 Å². The Balaban J connectivity index is 1.53. The number of hydrogen-bond donors (Lipinski definition) is 1. The molecule has 0 atom stereocenters. The summed E-state index contributed by atoms with van der Waals surface area (Å²) < 4.78 is 43.2. The number of carbonyl (C=O) groups excluding carboxylic acids is 2. The second-order valence-electron chi connectivity index (χ2n) is 6.44. The molecule has 3 rings (SSSR count). The van der Waals surface area contributed by atoms with E-state index < -0.39 is 24.3 Å². The van der Waals surface area contributed by atoms with Gasteiger partial charge in [0, 0.05) is 24.3 Å². The van der Waals surface area contributed by atoms with Crippen molar-refractivity contribution >= 4 is 17.5 Å². The lowest BCUT2D eigenvalue weighted by atomic mass is 10.2. The van der Waals surface area contributed by atoms with Crippen LogP contribution in [0, 0.1) is 0 Å². The Labute approximate surface area is 160 Å². The highest BCUT2D eigenvalue weighted by Crippen LogP contribution is 2.31. The standard InChI is InChI=1S/C20H19F3N2O3/c21-20(22,23)15-4-3-5-17(12-15)28-13-18(26)24-16-8-6-14(7-9-16)19(27)25-10-1-2-11-25/h3-9,12H,1-2,10-11,13H2,(H,24,26). The first kappa shape index (κ1) is 19.7. The highest BCUT2D eigenvalue weighted by Gasteiger charge is 2.30. The van der Waals surface area contributed by atoms with Crippen LogP contribution in [0.1, 0.15) is 28.8 Å². The molecule has 148 valence electrons. The number of ether oxygens (including phenoxy) is 1. The third-order valence-electron chi connectivity index (χ3n) is 4.34. The van der Waals surface area contributed by atoms with Crippen molar-refractivity contribution in [2.45, 2.75) is 19.0 Å². The Morgan fingerprint density at radius 3 is 2.36 bits per heavy atom. The molecular formula is C20H19F3N2O3. The monoisotopic (exact) mass is 392 g/mol. The Morgan fingerprint density at radius 1 is 1.04 bits per heavy atom. The fourth-order valence-corrected chi connectivity index (χ4v) is 2.91. The summed E-state index contributed by atoms with van der Waals surface area (Å²) in [6, 6.07) is 10.8. The van der Waals surface area contributed by atoms with Gasteiger partial charge in [0.25, 0.3) is 11.8 Å². The van der Waals surface area contributed by atoms with Gasteiger partial charge in [-0.2, -0.15) is 13.2 Å². The Morgan fingerprint density at radius 2 is 1.71 bits per heavy atom. The van der Waals surface area contributed by atoms with Crippen LogP contribution in [0.4, 0.5) is 18.9 Å². The first-order valence-corrected chi connectivity index (χ1v) is 8.82. The SMILES string of the molecule is O=C(COc1cccc(C(F)(F)F)c1)Nc1ccc(C(=O)N2CCCC2)cc1. The van der Waals surface area contributed by atoms with E-state index in [2.05, 4.69) is 5.32 Å². The summed E-state index contributed by atoms with van der Waals surface area (Å²) in [5.74, 6) is -0.601. The van der Waals surface area contributed by atoms with Gasteiger partial charge in [0.1, 0.15) is 5.75 Å². The van der Waals surface area contributed by atoms with Gasteiger partial charge in [0.05, 0.1) is 5.56 Å². The van der Waals surface area contributed by atoms with Gasteiger partial charge in [0.15, 0.2) is 6.61 Å². The molecule has 1 heterocycles.